The second-order valence-corrected chi connectivity index (χ2v) is 5.40. The van der Waals surface area contributed by atoms with Crippen molar-refractivity contribution in [3.05, 3.63) is 30.0 Å². The molecule has 4 nitrogen and oxygen atoms in total. The summed E-state index contributed by atoms with van der Waals surface area (Å²) in [6.07, 6.45) is 7.74. The topological polar surface area (TPSA) is 57.8 Å². The van der Waals surface area contributed by atoms with Crippen LogP contribution in [0, 0.1) is 0 Å². The van der Waals surface area contributed by atoms with Crippen LogP contribution < -0.4 is 5.32 Å². The summed E-state index contributed by atoms with van der Waals surface area (Å²) in [7, 11) is 0. The van der Waals surface area contributed by atoms with E-state index < -0.39 is 0 Å². The van der Waals surface area contributed by atoms with E-state index in [1.807, 2.05) is 18.2 Å². The van der Waals surface area contributed by atoms with Crippen molar-refractivity contribution in [3.8, 4) is 0 Å². The lowest BCUT2D eigenvalue weighted by molar-refractivity contribution is 0.0938. The van der Waals surface area contributed by atoms with Gasteiger partial charge in [0.25, 0.3) is 5.91 Å². The summed E-state index contributed by atoms with van der Waals surface area (Å²) >= 11 is 0. The second-order valence-electron chi connectivity index (χ2n) is 5.40. The number of H-pyrrole nitrogens is 1. The van der Waals surface area contributed by atoms with Crippen LogP contribution in [0.2, 0.25) is 0 Å². The zero-order chi connectivity index (χ0) is 14.4. The molecule has 0 saturated carbocycles. The Balaban J connectivity index is 1.87. The third-order valence-electron chi connectivity index (χ3n) is 3.57. The Morgan fingerprint density at radius 1 is 1.35 bits per heavy atom. The third kappa shape index (κ3) is 3.83. The van der Waals surface area contributed by atoms with Crippen molar-refractivity contribution in [1.29, 1.82) is 0 Å². The summed E-state index contributed by atoms with van der Waals surface area (Å²) < 4.78 is 0. The fraction of sp³-hybridized carbons (Fsp3) is 0.500. The number of nitrogens with zero attached hydrogens (tertiary/aromatic N) is 1. The lowest BCUT2D eigenvalue weighted by Crippen LogP contribution is -2.32. The maximum Gasteiger partial charge on any atom is 0.251 e. The van der Waals surface area contributed by atoms with Crippen molar-refractivity contribution < 1.29 is 4.79 Å². The van der Waals surface area contributed by atoms with Crippen LogP contribution in [0.4, 0.5) is 0 Å². The maximum atomic E-state index is 12.2. The first-order chi connectivity index (χ1) is 9.70. The molecule has 1 atom stereocenters. The standard InChI is InChI=1S/C16H23N3O/c1-3-4-5-6-7-12(2)18-16(20)13-8-9-14-11-17-19-15(14)10-13/h8-12H,3-7H2,1-2H3,(H,17,19)(H,18,20). The fourth-order valence-electron chi connectivity index (χ4n) is 2.33. The molecule has 2 aromatic rings. The van der Waals surface area contributed by atoms with Gasteiger partial charge in [-0.05, 0) is 25.5 Å². The van der Waals surface area contributed by atoms with Crippen molar-refractivity contribution in [1.82, 2.24) is 15.5 Å². The number of carbonyl (C=O) groups is 1. The Kier molecular flexibility index (Phi) is 5.16. The Morgan fingerprint density at radius 2 is 2.20 bits per heavy atom. The van der Waals surface area contributed by atoms with Crippen LogP contribution in [0.3, 0.4) is 0 Å². The van der Waals surface area contributed by atoms with Gasteiger partial charge in [-0.3, -0.25) is 9.89 Å². The van der Waals surface area contributed by atoms with Crippen LogP contribution in [-0.2, 0) is 0 Å². The molecule has 0 fully saturated rings. The molecule has 20 heavy (non-hydrogen) atoms. The van der Waals surface area contributed by atoms with Crippen LogP contribution in [0.5, 0.6) is 0 Å². The quantitative estimate of drug-likeness (QED) is 0.756. The summed E-state index contributed by atoms with van der Waals surface area (Å²) in [6.45, 7) is 4.27. The highest BCUT2D eigenvalue weighted by Crippen LogP contribution is 2.13. The molecule has 1 aromatic carbocycles. The Morgan fingerprint density at radius 3 is 3.00 bits per heavy atom. The molecule has 0 spiro atoms. The maximum absolute atomic E-state index is 12.2. The molecule has 0 aliphatic carbocycles. The Bertz CT molecular complexity index is 562. The van der Waals surface area contributed by atoms with Crippen LogP contribution >= 0.6 is 0 Å². The number of hydrogen-bond acceptors (Lipinski definition) is 2. The number of benzene rings is 1. The van der Waals surface area contributed by atoms with E-state index in [-0.39, 0.29) is 11.9 Å². The highest BCUT2D eigenvalue weighted by Gasteiger charge is 2.10. The van der Waals surface area contributed by atoms with Gasteiger partial charge in [-0.15, -0.1) is 0 Å². The van der Waals surface area contributed by atoms with E-state index >= 15 is 0 Å². The van der Waals surface area contributed by atoms with Gasteiger partial charge in [0, 0.05) is 17.0 Å². The monoisotopic (exact) mass is 273 g/mol. The number of fused-ring (bicyclic) bond motifs is 1. The average molecular weight is 273 g/mol. The predicted molar refractivity (Wildman–Crippen MR) is 81.8 cm³/mol. The summed E-state index contributed by atoms with van der Waals surface area (Å²) in [5.41, 5.74) is 1.58. The minimum absolute atomic E-state index is 0.00973. The summed E-state index contributed by atoms with van der Waals surface area (Å²) in [5, 5.41) is 10.9. The van der Waals surface area contributed by atoms with Gasteiger partial charge in [-0.1, -0.05) is 38.7 Å². The van der Waals surface area contributed by atoms with Crippen LogP contribution in [-0.4, -0.2) is 22.1 Å². The largest absolute Gasteiger partial charge is 0.350 e. The van der Waals surface area contributed by atoms with Gasteiger partial charge < -0.3 is 5.32 Å². The molecule has 108 valence electrons. The van der Waals surface area contributed by atoms with Gasteiger partial charge in [0.15, 0.2) is 0 Å². The van der Waals surface area contributed by atoms with Gasteiger partial charge in [-0.25, -0.2) is 0 Å². The van der Waals surface area contributed by atoms with Crippen LogP contribution in [0.1, 0.15) is 56.3 Å². The molecule has 2 rings (SSSR count). The molecule has 0 aliphatic rings. The number of unbranched alkanes of at least 4 members (excludes halogenated alkanes) is 3. The molecular weight excluding hydrogens is 250 g/mol. The summed E-state index contributed by atoms with van der Waals surface area (Å²) in [4.78, 5) is 12.2. The third-order valence-corrected chi connectivity index (χ3v) is 3.57. The van der Waals surface area contributed by atoms with Gasteiger partial charge in [-0.2, -0.15) is 5.10 Å². The molecule has 1 heterocycles. The van der Waals surface area contributed by atoms with E-state index in [1.165, 1.54) is 25.7 Å². The zero-order valence-corrected chi connectivity index (χ0v) is 12.3. The molecular formula is C16H23N3O. The Hall–Kier alpha value is -1.84. The van der Waals surface area contributed by atoms with E-state index in [4.69, 9.17) is 0 Å². The van der Waals surface area contributed by atoms with Crippen LogP contribution in [0.15, 0.2) is 24.4 Å². The van der Waals surface area contributed by atoms with E-state index in [0.29, 0.717) is 5.56 Å². The number of amides is 1. The number of carbonyl (C=O) groups excluding carboxylic acids is 1. The number of hydrogen-bond donors (Lipinski definition) is 2. The molecule has 0 saturated heterocycles. The first kappa shape index (κ1) is 14.6. The predicted octanol–water partition coefficient (Wildman–Crippen LogP) is 3.65. The van der Waals surface area contributed by atoms with Gasteiger partial charge in [0.1, 0.15) is 0 Å². The van der Waals surface area contributed by atoms with Crippen molar-refractivity contribution in [2.75, 3.05) is 0 Å². The normalized spacial score (nSPS) is 12.5. The van der Waals surface area contributed by atoms with Gasteiger partial charge in [0.2, 0.25) is 0 Å². The minimum Gasteiger partial charge on any atom is -0.350 e. The SMILES string of the molecule is CCCCCCC(C)NC(=O)c1ccc2cn[nH]c2c1. The second kappa shape index (κ2) is 7.08. The molecule has 0 aliphatic heterocycles. The highest BCUT2D eigenvalue weighted by atomic mass is 16.1. The van der Waals surface area contributed by atoms with E-state index in [1.54, 1.807) is 6.20 Å². The van der Waals surface area contributed by atoms with Crippen molar-refractivity contribution in [2.45, 2.75) is 52.0 Å². The number of rotatable bonds is 7. The molecule has 1 unspecified atom stereocenters. The van der Waals surface area contributed by atoms with E-state index in [0.717, 1.165) is 17.3 Å². The lowest BCUT2D eigenvalue weighted by Gasteiger charge is -2.13. The first-order valence-corrected chi connectivity index (χ1v) is 7.44. The molecule has 1 amide bonds. The average Bonchev–Trinajstić information content (AvgIpc) is 2.90. The Labute approximate surface area is 120 Å². The first-order valence-electron chi connectivity index (χ1n) is 7.44. The zero-order valence-electron chi connectivity index (χ0n) is 12.3. The molecule has 1 aromatic heterocycles. The number of aromatic nitrogens is 2. The molecule has 0 radical (unpaired) electrons. The summed E-state index contributed by atoms with van der Waals surface area (Å²) in [5.74, 6) is -0.00973. The van der Waals surface area contributed by atoms with Gasteiger partial charge >= 0.3 is 0 Å². The minimum atomic E-state index is -0.00973. The van der Waals surface area contributed by atoms with Crippen molar-refractivity contribution in [2.24, 2.45) is 0 Å². The summed E-state index contributed by atoms with van der Waals surface area (Å²) in [6, 6.07) is 5.83. The number of nitrogens with one attached hydrogen (secondary N) is 2. The van der Waals surface area contributed by atoms with E-state index in [2.05, 4.69) is 29.4 Å². The number of aromatic amines is 1. The van der Waals surface area contributed by atoms with Crippen molar-refractivity contribution in [3.63, 3.8) is 0 Å². The lowest BCUT2D eigenvalue weighted by atomic mass is 10.1. The van der Waals surface area contributed by atoms with Gasteiger partial charge in [0.05, 0.1) is 11.7 Å². The van der Waals surface area contributed by atoms with Crippen molar-refractivity contribution >= 4 is 16.8 Å². The molecule has 0 bridgehead atoms. The fourth-order valence-corrected chi connectivity index (χ4v) is 2.33. The molecule has 2 N–H and O–H groups in total. The smallest absolute Gasteiger partial charge is 0.251 e. The van der Waals surface area contributed by atoms with Crippen LogP contribution in [0.25, 0.3) is 10.9 Å². The van der Waals surface area contributed by atoms with E-state index in [9.17, 15) is 4.79 Å². The highest BCUT2D eigenvalue weighted by molar-refractivity contribution is 5.97. The molecule has 4 heteroatoms.